The maximum absolute atomic E-state index is 12.2. The van der Waals surface area contributed by atoms with Gasteiger partial charge >= 0.3 is 11.8 Å². The molecule has 0 bridgehead atoms. The molecule has 1 aromatic rings. The number of likely N-dealkylation sites (tertiary alicyclic amines) is 1. The van der Waals surface area contributed by atoms with E-state index in [9.17, 15) is 9.59 Å². The lowest BCUT2D eigenvalue weighted by atomic mass is 10.0. The van der Waals surface area contributed by atoms with Crippen molar-refractivity contribution >= 4 is 23.4 Å². The normalized spacial score (nSPS) is 19.5. The highest BCUT2D eigenvalue weighted by atomic mass is 35.5. The lowest BCUT2D eigenvalue weighted by Crippen LogP contribution is -2.51. The molecule has 0 aliphatic carbocycles. The number of rotatable bonds is 3. The van der Waals surface area contributed by atoms with Crippen LogP contribution in [0.1, 0.15) is 18.4 Å². The first-order valence-corrected chi connectivity index (χ1v) is 8.55. The molecule has 2 aliphatic rings. The molecular formula is C17H21ClN2O4. The molecule has 7 heteroatoms. The Morgan fingerprint density at radius 3 is 2.58 bits per heavy atom. The summed E-state index contributed by atoms with van der Waals surface area (Å²) in [6, 6.07) is 7.45. The van der Waals surface area contributed by atoms with E-state index in [4.69, 9.17) is 21.1 Å². The van der Waals surface area contributed by atoms with Crippen molar-refractivity contribution in [3.05, 3.63) is 34.9 Å². The summed E-state index contributed by atoms with van der Waals surface area (Å²) in [5.74, 6) is -1.60. The molecule has 2 aliphatic heterocycles. The number of carbonyl (C=O) groups excluding carboxylic acids is 2. The van der Waals surface area contributed by atoms with E-state index in [1.54, 1.807) is 11.0 Å². The van der Waals surface area contributed by atoms with E-state index in [0.717, 1.165) is 5.56 Å². The predicted molar refractivity (Wildman–Crippen MR) is 88.6 cm³/mol. The first kappa shape index (κ1) is 17.2. The highest BCUT2D eigenvalue weighted by Crippen LogP contribution is 2.31. The molecule has 0 radical (unpaired) electrons. The topological polar surface area (TPSA) is 67.9 Å². The molecule has 1 aromatic carbocycles. The van der Waals surface area contributed by atoms with E-state index in [-0.39, 0.29) is 0 Å². The molecule has 130 valence electrons. The third kappa shape index (κ3) is 4.06. The van der Waals surface area contributed by atoms with Crippen LogP contribution in [0, 0.1) is 0 Å². The SMILES string of the molecule is O=C(NCCc1cccc(Cl)c1)C(=O)N1CCC2(CC1)OCCO2. The second-order valence-corrected chi connectivity index (χ2v) is 6.47. The minimum Gasteiger partial charge on any atom is -0.347 e. The number of nitrogens with one attached hydrogen (secondary N) is 1. The molecule has 3 rings (SSSR count). The molecule has 0 unspecified atom stereocenters. The van der Waals surface area contributed by atoms with Gasteiger partial charge < -0.3 is 19.7 Å². The van der Waals surface area contributed by atoms with Crippen molar-refractivity contribution in [2.75, 3.05) is 32.8 Å². The summed E-state index contributed by atoms with van der Waals surface area (Å²) in [5.41, 5.74) is 1.02. The lowest BCUT2D eigenvalue weighted by Gasteiger charge is -2.37. The molecule has 2 heterocycles. The van der Waals surface area contributed by atoms with Crippen LogP contribution in [0.5, 0.6) is 0 Å². The molecule has 2 amide bonds. The van der Waals surface area contributed by atoms with Crippen molar-refractivity contribution in [2.24, 2.45) is 0 Å². The van der Waals surface area contributed by atoms with E-state index < -0.39 is 17.6 Å². The van der Waals surface area contributed by atoms with Crippen LogP contribution in [-0.4, -0.2) is 55.3 Å². The van der Waals surface area contributed by atoms with Gasteiger partial charge in [0.1, 0.15) is 0 Å². The minimum atomic E-state index is -0.568. The average molecular weight is 353 g/mol. The molecule has 1 spiro atoms. The predicted octanol–water partition coefficient (Wildman–Crippen LogP) is 1.36. The quantitative estimate of drug-likeness (QED) is 0.834. The van der Waals surface area contributed by atoms with Crippen LogP contribution in [-0.2, 0) is 25.5 Å². The highest BCUT2D eigenvalue weighted by Gasteiger charge is 2.41. The van der Waals surface area contributed by atoms with Crippen molar-refractivity contribution in [1.29, 1.82) is 0 Å². The maximum Gasteiger partial charge on any atom is 0.311 e. The first-order valence-electron chi connectivity index (χ1n) is 8.17. The fourth-order valence-corrected chi connectivity index (χ4v) is 3.28. The van der Waals surface area contributed by atoms with Gasteiger partial charge in [0.05, 0.1) is 13.2 Å². The zero-order valence-corrected chi connectivity index (χ0v) is 14.2. The zero-order chi connectivity index (χ0) is 17.0. The zero-order valence-electron chi connectivity index (χ0n) is 13.4. The van der Waals surface area contributed by atoms with E-state index >= 15 is 0 Å². The fraction of sp³-hybridized carbons (Fsp3) is 0.529. The molecule has 0 aromatic heterocycles. The summed E-state index contributed by atoms with van der Waals surface area (Å²) in [6.45, 7) is 2.53. The molecule has 6 nitrogen and oxygen atoms in total. The van der Waals surface area contributed by atoms with Gasteiger partial charge in [-0.3, -0.25) is 9.59 Å². The van der Waals surface area contributed by atoms with Crippen molar-refractivity contribution < 1.29 is 19.1 Å². The minimum absolute atomic E-state index is 0.398. The van der Waals surface area contributed by atoms with Crippen LogP contribution in [0.3, 0.4) is 0 Å². The number of carbonyl (C=O) groups is 2. The third-order valence-corrected chi connectivity index (χ3v) is 4.64. The van der Waals surface area contributed by atoms with Crippen molar-refractivity contribution in [3.63, 3.8) is 0 Å². The summed E-state index contributed by atoms with van der Waals surface area (Å²) in [7, 11) is 0. The van der Waals surface area contributed by atoms with Gasteiger partial charge in [-0.1, -0.05) is 23.7 Å². The number of benzene rings is 1. The molecule has 0 atom stereocenters. The lowest BCUT2D eigenvalue weighted by molar-refractivity contribution is -0.188. The maximum atomic E-state index is 12.2. The Kier molecular flexibility index (Phi) is 5.38. The number of hydrogen-bond acceptors (Lipinski definition) is 4. The number of nitrogens with zero attached hydrogens (tertiary/aromatic N) is 1. The van der Waals surface area contributed by atoms with Crippen molar-refractivity contribution in [3.8, 4) is 0 Å². The second-order valence-electron chi connectivity index (χ2n) is 6.04. The highest BCUT2D eigenvalue weighted by molar-refractivity contribution is 6.35. The van der Waals surface area contributed by atoms with Crippen molar-refractivity contribution in [2.45, 2.75) is 25.0 Å². The number of halogens is 1. The number of piperidine rings is 1. The summed E-state index contributed by atoms with van der Waals surface area (Å²) in [6.07, 6.45) is 1.84. The molecule has 24 heavy (non-hydrogen) atoms. The Balaban J connectivity index is 1.43. The average Bonchev–Trinajstić information content (AvgIpc) is 3.03. The van der Waals surface area contributed by atoms with Gasteiger partial charge in [0, 0.05) is 37.5 Å². The third-order valence-electron chi connectivity index (χ3n) is 4.41. The van der Waals surface area contributed by atoms with Gasteiger partial charge in [0.2, 0.25) is 0 Å². The first-order chi connectivity index (χ1) is 11.6. The Morgan fingerprint density at radius 2 is 1.92 bits per heavy atom. The Hall–Kier alpha value is -1.63. The van der Waals surface area contributed by atoms with E-state index in [1.165, 1.54) is 0 Å². The van der Waals surface area contributed by atoms with E-state index in [0.29, 0.717) is 57.1 Å². The van der Waals surface area contributed by atoms with E-state index in [1.807, 2.05) is 18.2 Å². The van der Waals surface area contributed by atoms with Gasteiger partial charge in [0.25, 0.3) is 0 Å². The smallest absolute Gasteiger partial charge is 0.311 e. The molecule has 2 saturated heterocycles. The van der Waals surface area contributed by atoms with Crippen LogP contribution in [0.15, 0.2) is 24.3 Å². The van der Waals surface area contributed by atoms with Gasteiger partial charge in [-0.05, 0) is 24.1 Å². The van der Waals surface area contributed by atoms with Gasteiger partial charge in [-0.25, -0.2) is 0 Å². The standard InChI is InChI=1S/C17H21ClN2O4/c18-14-3-1-2-13(12-14)4-7-19-15(21)16(22)20-8-5-17(6-9-20)23-10-11-24-17/h1-3,12H,4-11H2,(H,19,21). The molecule has 2 fully saturated rings. The monoisotopic (exact) mass is 352 g/mol. The Morgan fingerprint density at radius 1 is 1.21 bits per heavy atom. The van der Waals surface area contributed by atoms with Crippen LogP contribution in [0.2, 0.25) is 5.02 Å². The Bertz CT molecular complexity index is 606. The fourth-order valence-electron chi connectivity index (χ4n) is 3.07. The largest absolute Gasteiger partial charge is 0.347 e. The summed E-state index contributed by atoms with van der Waals surface area (Å²) in [4.78, 5) is 25.8. The summed E-state index contributed by atoms with van der Waals surface area (Å²) < 4.78 is 11.2. The number of amides is 2. The van der Waals surface area contributed by atoms with Crippen LogP contribution < -0.4 is 5.32 Å². The second kappa shape index (κ2) is 7.51. The molecule has 1 N–H and O–H groups in total. The van der Waals surface area contributed by atoms with Crippen LogP contribution in [0.4, 0.5) is 0 Å². The summed E-state index contributed by atoms with van der Waals surface area (Å²) in [5, 5.41) is 3.33. The molecule has 0 saturated carbocycles. The van der Waals surface area contributed by atoms with Crippen LogP contribution >= 0.6 is 11.6 Å². The van der Waals surface area contributed by atoms with Gasteiger partial charge in [-0.2, -0.15) is 0 Å². The van der Waals surface area contributed by atoms with E-state index in [2.05, 4.69) is 5.32 Å². The van der Waals surface area contributed by atoms with Crippen LogP contribution in [0.25, 0.3) is 0 Å². The van der Waals surface area contributed by atoms with Gasteiger partial charge in [-0.15, -0.1) is 0 Å². The van der Waals surface area contributed by atoms with Gasteiger partial charge in [0.15, 0.2) is 5.79 Å². The number of ether oxygens (including phenoxy) is 2. The summed E-state index contributed by atoms with van der Waals surface area (Å²) >= 11 is 5.92. The Labute approximate surface area is 146 Å². The molecular weight excluding hydrogens is 332 g/mol. The van der Waals surface area contributed by atoms with Crippen molar-refractivity contribution in [1.82, 2.24) is 10.2 Å². The number of hydrogen-bond donors (Lipinski definition) is 1.